The second kappa shape index (κ2) is 12.3. The normalized spacial score (nSPS) is 16.2. The van der Waals surface area contributed by atoms with E-state index in [1.165, 1.54) is 16.2 Å². The lowest BCUT2D eigenvalue weighted by Gasteiger charge is -2.23. The molecule has 0 spiro atoms. The first-order valence-corrected chi connectivity index (χ1v) is 14.2. The first kappa shape index (κ1) is 27.9. The van der Waals surface area contributed by atoms with E-state index < -0.39 is 17.7 Å². The van der Waals surface area contributed by atoms with Crippen LogP contribution in [0.1, 0.15) is 37.4 Å². The zero-order valence-electron chi connectivity index (χ0n) is 22.8. The van der Waals surface area contributed by atoms with Gasteiger partial charge in [0.25, 0.3) is 5.78 Å². The average Bonchev–Trinajstić information content (AvgIpc) is 3.52. The van der Waals surface area contributed by atoms with Gasteiger partial charge in [-0.15, -0.1) is 0 Å². The van der Waals surface area contributed by atoms with Crippen molar-refractivity contribution < 1.29 is 28.9 Å². The molecule has 8 nitrogen and oxygen atoms in total. The molecule has 0 radical (unpaired) electrons. The largest absolute Gasteiger partial charge is 0.507 e. The third-order valence-corrected chi connectivity index (χ3v) is 7.47. The van der Waals surface area contributed by atoms with Crippen molar-refractivity contribution in [3.8, 4) is 17.2 Å². The van der Waals surface area contributed by atoms with Gasteiger partial charge in [-0.3, -0.25) is 14.5 Å². The molecule has 3 aromatic carbocycles. The number of aliphatic hydroxyl groups is 1. The summed E-state index contributed by atoms with van der Waals surface area (Å²) < 4.78 is 17.8. The summed E-state index contributed by atoms with van der Waals surface area (Å²) in [7, 11) is 0. The number of Topliss-reactive ketones (excluding diaryl/α,β-unsaturated/α-hetero) is 1. The van der Waals surface area contributed by atoms with Crippen LogP contribution in [0.5, 0.6) is 17.2 Å². The Morgan fingerprint density at radius 3 is 2.49 bits per heavy atom. The molecule has 2 heterocycles. The van der Waals surface area contributed by atoms with E-state index in [2.05, 4.69) is 11.6 Å². The summed E-state index contributed by atoms with van der Waals surface area (Å²) in [6.45, 7) is 8.97. The summed E-state index contributed by atoms with van der Waals surface area (Å²) in [5.41, 5.74) is 1.61. The topological polar surface area (TPSA) is 98.2 Å². The number of thiazole rings is 1. The Morgan fingerprint density at radius 2 is 1.76 bits per heavy atom. The molecule has 1 saturated heterocycles. The van der Waals surface area contributed by atoms with E-state index in [9.17, 15) is 14.7 Å². The molecular weight excluding hydrogens is 540 g/mol. The molecule has 1 unspecified atom stereocenters. The lowest BCUT2D eigenvalue weighted by molar-refractivity contribution is -0.132. The number of carbonyl (C=O) groups is 2. The first-order valence-electron chi connectivity index (χ1n) is 13.4. The number of hydrogen-bond acceptors (Lipinski definition) is 8. The maximum Gasteiger partial charge on any atom is 0.301 e. The van der Waals surface area contributed by atoms with Crippen molar-refractivity contribution in [2.24, 2.45) is 0 Å². The van der Waals surface area contributed by atoms with Gasteiger partial charge in [0.05, 0.1) is 35.0 Å². The van der Waals surface area contributed by atoms with Crippen LogP contribution in [-0.2, 0) is 9.59 Å². The van der Waals surface area contributed by atoms with Gasteiger partial charge in [-0.25, -0.2) is 4.98 Å². The molecule has 1 aliphatic heterocycles. The number of ether oxygens (including phenoxy) is 3. The number of aliphatic hydroxyl groups excluding tert-OH is 1. The summed E-state index contributed by atoms with van der Waals surface area (Å²) in [6, 6.07) is 18.4. The van der Waals surface area contributed by atoms with Crippen molar-refractivity contribution in [3.63, 3.8) is 0 Å². The van der Waals surface area contributed by atoms with Gasteiger partial charge in [0.15, 0.2) is 5.13 Å². The van der Waals surface area contributed by atoms with Gasteiger partial charge in [-0.2, -0.15) is 0 Å². The minimum absolute atomic E-state index is 0.0349. The second-order valence-corrected chi connectivity index (χ2v) is 10.3. The van der Waals surface area contributed by atoms with E-state index in [1.807, 2.05) is 32.0 Å². The Hall–Kier alpha value is -4.63. The standard InChI is InChI=1S/C32H30N2O6S/c1-4-16-39-22-12-10-20(11-13-22)29(35)27-28(21-8-7-9-23(18-21)40-17-5-2)34(31(37)30(27)36)32-33-25-15-14-24(38-6-3)19-26(25)41-32/h5,7-15,18-19,28,35H,2,4,6,16-17H2,1,3H3. The molecule has 1 aromatic heterocycles. The van der Waals surface area contributed by atoms with Gasteiger partial charge in [0.2, 0.25) is 0 Å². The molecule has 4 aromatic rings. The number of aromatic nitrogens is 1. The smallest absolute Gasteiger partial charge is 0.301 e. The third-order valence-electron chi connectivity index (χ3n) is 6.45. The lowest BCUT2D eigenvalue weighted by atomic mass is 9.95. The van der Waals surface area contributed by atoms with Gasteiger partial charge in [0.1, 0.15) is 29.6 Å². The van der Waals surface area contributed by atoms with Crippen LogP contribution in [0.4, 0.5) is 5.13 Å². The predicted octanol–water partition coefficient (Wildman–Crippen LogP) is 6.67. The molecule has 9 heteroatoms. The number of fused-ring (bicyclic) bond motifs is 1. The van der Waals surface area contributed by atoms with Crippen LogP contribution in [0.2, 0.25) is 0 Å². The number of rotatable bonds is 11. The minimum atomic E-state index is -0.940. The fraction of sp³-hybridized carbons (Fsp3) is 0.219. The molecule has 5 rings (SSSR count). The summed E-state index contributed by atoms with van der Waals surface area (Å²) in [5.74, 6) is 0.0122. The molecular formula is C32H30N2O6S. The zero-order valence-corrected chi connectivity index (χ0v) is 23.6. The van der Waals surface area contributed by atoms with Gasteiger partial charge < -0.3 is 19.3 Å². The number of anilines is 1. The number of nitrogens with zero attached hydrogens (tertiary/aromatic N) is 2. The highest BCUT2D eigenvalue weighted by Crippen LogP contribution is 2.45. The van der Waals surface area contributed by atoms with E-state index in [0.29, 0.717) is 52.2 Å². The van der Waals surface area contributed by atoms with Gasteiger partial charge in [-0.05, 0) is 73.5 Å². The summed E-state index contributed by atoms with van der Waals surface area (Å²) in [6.07, 6.45) is 2.49. The highest BCUT2D eigenvalue weighted by molar-refractivity contribution is 7.22. The minimum Gasteiger partial charge on any atom is -0.507 e. The Labute approximate surface area is 242 Å². The van der Waals surface area contributed by atoms with Crippen LogP contribution in [0.15, 0.2) is 85.0 Å². The van der Waals surface area contributed by atoms with Crippen molar-refractivity contribution >= 4 is 44.1 Å². The van der Waals surface area contributed by atoms with Crippen molar-refractivity contribution in [2.45, 2.75) is 26.3 Å². The monoisotopic (exact) mass is 570 g/mol. The first-order chi connectivity index (χ1) is 19.9. The van der Waals surface area contributed by atoms with Crippen molar-refractivity contribution in [2.75, 3.05) is 24.7 Å². The van der Waals surface area contributed by atoms with Gasteiger partial charge >= 0.3 is 5.91 Å². The summed E-state index contributed by atoms with van der Waals surface area (Å²) in [4.78, 5) is 33.2. The maximum atomic E-state index is 13.6. The SMILES string of the molecule is C=CCOc1cccc(C2C(=C(O)c3ccc(OCCC)cc3)C(=O)C(=O)N2c2nc3ccc(OCC)cc3s2)c1. The second-order valence-electron chi connectivity index (χ2n) is 9.27. The zero-order chi connectivity index (χ0) is 28.9. The fourth-order valence-corrected chi connectivity index (χ4v) is 5.63. The molecule has 210 valence electrons. The number of carbonyl (C=O) groups excluding carboxylic acids is 2. The molecule has 0 bridgehead atoms. The molecule has 0 saturated carbocycles. The van der Waals surface area contributed by atoms with E-state index >= 15 is 0 Å². The highest BCUT2D eigenvalue weighted by atomic mass is 32.1. The Morgan fingerprint density at radius 1 is 1.00 bits per heavy atom. The fourth-order valence-electron chi connectivity index (χ4n) is 4.61. The Kier molecular flexibility index (Phi) is 8.35. The van der Waals surface area contributed by atoms with Crippen LogP contribution in [0.25, 0.3) is 16.0 Å². The number of ketones is 1. The molecule has 41 heavy (non-hydrogen) atoms. The summed E-state index contributed by atoms with van der Waals surface area (Å²) >= 11 is 1.27. The Balaban J connectivity index is 1.64. The van der Waals surface area contributed by atoms with E-state index in [4.69, 9.17) is 14.2 Å². The average molecular weight is 571 g/mol. The number of benzene rings is 3. The van der Waals surface area contributed by atoms with E-state index in [0.717, 1.165) is 11.1 Å². The number of hydrogen-bond donors (Lipinski definition) is 1. The maximum absolute atomic E-state index is 13.6. The molecule has 1 N–H and O–H groups in total. The molecule has 1 atom stereocenters. The van der Waals surface area contributed by atoms with Crippen molar-refractivity contribution in [1.29, 1.82) is 0 Å². The molecule has 1 fully saturated rings. The van der Waals surface area contributed by atoms with Crippen LogP contribution in [0.3, 0.4) is 0 Å². The predicted molar refractivity (Wildman–Crippen MR) is 160 cm³/mol. The van der Waals surface area contributed by atoms with Crippen molar-refractivity contribution in [3.05, 3.63) is 96.1 Å². The number of amides is 1. The Bertz CT molecular complexity index is 1620. The van der Waals surface area contributed by atoms with Crippen LogP contribution in [0, 0.1) is 0 Å². The van der Waals surface area contributed by atoms with Crippen LogP contribution >= 0.6 is 11.3 Å². The van der Waals surface area contributed by atoms with Gasteiger partial charge in [-0.1, -0.05) is 43.0 Å². The molecule has 1 amide bonds. The molecule has 0 aliphatic carbocycles. The quantitative estimate of drug-likeness (QED) is 0.0930. The third kappa shape index (κ3) is 5.67. The van der Waals surface area contributed by atoms with Crippen LogP contribution in [-0.4, -0.2) is 41.6 Å². The van der Waals surface area contributed by atoms with Gasteiger partial charge in [0, 0.05) is 5.56 Å². The summed E-state index contributed by atoms with van der Waals surface area (Å²) in [5, 5.41) is 11.8. The lowest BCUT2D eigenvalue weighted by Crippen LogP contribution is -2.29. The van der Waals surface area contributed by atoms with E-state index in [1.54, 1.807) is 54.6 Å². The highest BCUT2D eigenvalue weighted by Gasteiger charge is 2.48. The van der Waals surface area contributed by atoms with Crippen LogP contribution < -0.4 is 19.1 Å². The van der Waals surface area contributed by atoms with E-state index in [-0.39, 0.29) is 17.9 Å². The van der Waals surface area contributed by atoms with Crippen molar-refractivity contribution in [1.82, 2.24) is 4.98 Å². The molecule has 1 aliphatic rings.